The second-order valence-electron chi connectivity index (χ2n) is 4.76. The molecular formula is C14H16N4O2. The summed E-state index contributed by atoms with van der Waals surface area (Å²) in [4.78, 5) is 0. The fourth-order valence-corrected chi connectivity index (χ4v) is 2.42. The molecule has 1 atom stereocenters. The minimum absolute atomic E-state index is 0.325. The quantitative estimate of drug-likeness (QED) is 0.864. The van der Waals surface area contributed by atoms with E-state index in [0.29, 0.717) is 18.8 Å². The van der Waals surface area contributed by atoms with E-state index in [4.69, 9.17) is 4.74 Å². The van der Waals surface area contributed by atoms with Gasteiger partial charge in [0.2, 0.25) is 0 Å². The molecule has 6 nitrogen and oxygen atoms in total. The topological polar surface area (TPSA) is 70.8 Å². The van der Waals surface area contributed by atoms with Crippen molar-refractivity contribution in [1.82, 2.24) is 10.2 Å². The molecule has 1 unspecified atom stereocenters. The Morgan fingerprint density at radius 2 is 2.20 bits per heavy atom. The number of aliphatic hydroxyl groups is 1. The minimum Gasteiger partial charge on any atom is -0.347 e. The van der Waals surface area contributed by atoms with Crippen molar-refractivity contribution in [1.29, 1.82) is 0 Å². The Bertz CT molecular complexity index is 668. The van der Waals surface area contributed by atoms with Gasteiger partial charge in [-0.1, -0.05) is 24.3 Å². The largest absolute Gasteiger partial charge is 0.347 e. The fourth-order valence-electron chi connectivity index (χ4n) is 2.42. The molecule has 6 heteroatoms. The monoisotopic (exact) mass is 272 g/mol. The molecule has 1 aromatic carbocycles. The number of nitrogens with zero attached hydrogens (tertiary/aromatic N) is 4. The molecule has 20 heavy (non-hydrogen) atoms. The zero-order valence-electron chi connectivity index (χ0n) is 11.4. The number of rotatable bonds is 3. The number of fused-ring (bicyclic) bond motifs is 1. The number of hydrogen-bond acceptors (Lipinski definition) is 6. The van der Waals surface area contributed by atoms with Crippen LogP contribution in [0.5, 0.6) is 0 Å². The summed E-state index contributed by atoms with van der Waals surface area (Å²) in [5.41, 5.74) is 0.788. The van der Waals surface area contributed by atoms with Crippen LogP contribution in [0.25, 0.3) is 10.8 Å². The molecule has 1 aromatic heterocycles. The van der Waals surface area contributed by atoms with E-state index in [1.807, 2.05) is 38.1 Å². The maximum absolute atomic E-state index is 10.7. The van der Waals surface area contributed by atoms with Crippen molar-refractivity contribution < 1.29 is 9.84 Å². The molecule has 1 N–H and O–H groups in total. The summed E-state index contributed by atoms with van der Waals surface area (Å²) in [6.07, 6.45) is 2.01. The van der Waals surface area contributed by atoms with Crippen molar-refractivity contribution in [3.63, 3.8) is 0 Å². The average Bonchev–Trinajstić information content (AvgIpc) is 2.73. The lowest BCUT2D eigenvalue weighted by atomic mass is 10.2. The molecule has 0 bridgehead atoms. The van der Waals surface area contributed by atoms with Gasteiger partial charge in [0.05, 0.1) is 12.6 Å². The Morgan fingerprint density at radius 1 is 1.40 bits per heavy atom. The molecule has 0 saturated carbocycles. The minimum atomic E-state index is -1.49. The highest BCUT2D eigenvalue weighted by atomic mass is 16.7. The Labute approximate surface area is 116 Å². The number of anilines is 1. The third kappa shape index (κ3) is 2.03. The summed E-state index contributed by atoms with van der Waals surface area (Å²) in [7, 11) is 0. The summed E-state index contributed by atoms with van der Waals surface area (Å²) in [5, 5.41) is 26.4. The molecule has 2 aromatic rings. The van der Waals surface area contributed by atoms with Crippen molar-refractivity contribution in [3.8, 4) is 0 Å². The fraction of sp³-hybridized carbons (Fsp3) is 0.357. The normalized spacial score (nSPS) is 22.4. The molecule has 0 saturated heterocycles. The van der Waals surface area contributed by atoms with Gasteiger partial charge in [-0.25, -0.2) is 0 Å². The summed E-state index contributed by atoms with van der Waals surface area (Å²) in [6.45, 7) is 4.06. The van der Waals surface area contributed by atoms with E-state index in [1.54, 1.807) is 6.20 Å². The van der Waals surface area contributed by atoms with Gasteiger partial charge in [0.25, 0.3) is 5.91 Å². The van der Waals surface area contributed by atoms with Crippen LogP contribution in [0.3, 0.4) is 0 Å². The molecule has 0 amide bonds. The van der Waals surface area contributed by atoms with Gasteiger partial charge in [0.1, 0.15) is 0 Å². The Hall–Kier alpha value is -2.05. The predicted octanol–water partition coefficient (Wildman–Crippen LogP) is 1.90. The van der Waals surface area contributed by atoms with Crippen LogP contribution in [0.4, 0.5) is 5.82 Å². The molecule has 1 aliphatic heterocycles. The lowest BCUT2D eigenvalue weighted by Crippen LogP contribution is -2.46. The van der Waals surface area contributed by atoms with Crippen LogP contribution in [0, 0.1) is 0 Å². The highest BCUT2D eigenvalue weighted by Crippen LogP contribution is 2.34. The first-order chi connectivity index (χ1) is 9.64. The Kier molecular flexibility index (Phi) is 3.11. The number of aromatic nitrogens is 2. The van der Waals surface area contributed by atoms with Gasteiger partial charge in [0.15, 0.2) is 5.82 Å². The van der Waals surface area contributed by atoms with Crippen LogP contribution in [0.15, 0.2) is 35.6 Å². The summed E-state index contributed by atoms with van der Waals surface area (Å²) in [5.74, 6) is -0.992. The predicted molar refractivity (Wildman–Crippen MR) is 76.3 cm³/mol. The highest BCUT2D eigenvalue weighted by Gasteiger charge is 2.43. The Balaban J connectivity index is 2.14. The van der Waals surface area contributed by atoms with Crippen LogP contribution in [-0.4, -0.2) is 33.5 Å². The van der Waals surface area contributed by atoms with Gasteiger partial charge < -0.3 is 9.84 Å². The van der Waals surface area contributed by atoms with Gasteiger partial charge in [-0.05, 0) is 13.8 Å². The van der Waals surface area contributed by atoms with Crippen molar-refractivity contribution in [2.75, 3.05) is 11.6 Å². The molecule has 0 radical (unpaired) electrons. The third-order valence-electron chi connectivity index (χ3n) is 3.21. The highest BCUT2D eigenvalue weighted by molar-refractivity contribution is 5.94. The molecule has 104 valence electrons. The molecular weight excluding hydrogens is 256 g/mol. The van der Waals surface area contributed by atoms with Crippen molar-refractivity contribution >= 4 is 22.3 Å². The maximum atomic E-state index is 10.7. The smallest absolute Gasteiger partial charge is 0.275 e. The van der Waals surface area contributed by atoms with E-state index in [9.17, 15) is 5.11 Å². The van der Waals surface area contributed by atoms with Gasteiger partial charge in [-0.15, -0.1) is 5.10 Å². The number of benzene rings is 1. The van der Waals surface area contributed by atoms with Gasteiger partial charge >= 0.3 is 0 Å². The lowest BCUT2D eigenvalue weighted by molar-refractivity contribution is -0.190. The third-order valence-corrected chi connectivity index (χ3v) is 3.21. The van der Waals surface area contributed by atoms with Gasteiger partial charge in [0, 0.05) is 23.1 Å². The molecule has 2 heterocycles. The van der Waals surface area contributed by atoms with Gasteiger partial charge in [-0.2, -0.15) is 15.2 Å². The SMILES string of the molecule is CCOC1(O)CC(C)=NN1c1nncc2ccccc12. The lowest BCUT2D eigenvalue weighted by Gasteiger charge is -2.31. The molecule has 0 spiro atoms. The van der Waals surface area contributed by atoms with E-state index in [2.05, 4.69) is 15.3 Å². The van der Waals surface area contributed by atoms with Crippen LogP contribution in [-0.2, 0) is 4.74 Å². The van der Waals surface area contributed by atoms with Gasteiger partial charge in [-0.3, -0.25) is 0 Å². The summed E-state index contributed by atoms with van der Waals surface area (Å²) >= 11 is 0. The van der Waals surface area contributed by atoms with E-state index < -0.39 is 5.91 Å². The van der Waals surface area contributed by atoms with E-state index >= 15 is 0 Å². The van der Waals surface area contributed by atoms with E-state index in [0.717, 1.165) is 16.5 Å². The molecule has 0 fully saturated rings. The number of hydrogen-bond donors (Lipinski definition) is 1. The molecule has 1 aliphatic rings. The zero-order valence-corrected chi connectivity index (χ0v) is 11.4. The van der Waals surface area contributed by atoms with E-state index in [-0.39, 0.29) is 0 Å². The van der Waals surface area contributed by atoms with Crippen LogP contribution in [0.1, 0.15) is 20.3 Å². The second kappa shape index (κ2) is 4.81. The van der Waals surface area contributed by atoms with Crippen LogP contribution >= 0.6 is 0 Å². The summed E-state index contributed by atoms with van der Waals surface area (Å²) < 4.78 is 5.48. The molecule has 0 aliphatic carbocycles. The second-order valence-corrected chi connectivity index (χ2v) is 4.76. The Morgan fingerprint density at radius 3 is 3.00 bits per heavy atom. The van der Waals surface area contributed by atoms with Crippen molar-refractivity contribution in [3.05, 3.63) is 30.5 Å². The standard InChI is InChI=1S/C14H16N4O2/c1-3-20-14(19)8-10(2)17-18(14)13-12-7-5-4-6-11(12)9-15-16-13/h4-7,9,19H,3,8H2,1-2H3. The maximum Gasteiger partial charge on any atom is 0.275 e. The number of ether oxygens (including phenoxy) is 1. The first-order valence-electron chi connectivity index (χ1n) is 6.55. The summed E-state index contributed by atoms with van der Waals surface area (Å²) in [6, 6.07) is 7.72. The van der Waals surface area contributed by atoms with Crippen LogP contribution < -0.4 is 5.01 Å². The van der Waals surface area contributed by atoms with E-state index in [1.165, 1.54) is 5.01 Å². The average molecular weight is 272 g/mol. The zero-order chi connectivity index (χ0) is 14.2. The van der Waals surface area contributed by atoms with Crippen molar-refractivity contribution in [2.24, 2.45) is 5.10 Å². The van der Waals surface area contributed by atoms with Crippen molar-refractivity contribution in [2.45, 2.75) is 26.2 Å². The first-order valence-corrected chi connectivity index (χ1v) is 6.55. The van der Waals surface area contributed by atoms with Crippen LogP contribution in [0.2, 0.25) is 0 Å². The first kappa shape index (κ1) is 13.0. The number of hydrazone groups is 1. The molecule has 3 rings (SSSR count).